The third kappa shape index (κ3) is 5.94. The van der Waals surface area contributed by atoms with E-state index < -0.39 is 0 Å². The number of anilines is 2. The van der Waals surface area contributed by atoms with Crippen molar-refractivity contribution in [3.05, 3.63) is 82.7 Å². The van der Waals surface area contributed by atoms with Crippen LogP contribution in [0.5, 0.6) is 11.5 Å². The lowest BCUT2D eigenvalue weighted by molar-refractivity contribution is 0.104. The van der Waals surface area contributed by atoms with E-state index in [-0.39, 0.29) is 23.6 Å². The SMILES string of the molecule is COc1cc(Cc2cnc(N)nc2N)cc(C(=O)/C=C/N2N=Cc3ccccc3C2CCC(C)C)c1OC. The number of carbonyl (C=O) groups excluding carboxylic acids is 1. The fourth-order valence-electron chi connectivity index (χ4n) is 4.54. The Hall–Kier alpha value is -4.40. The number of benzene rings is 2. The first-order chi connectivity index (χ1) is 18.3. The van der Waals surface area contributed by atoms with Gasteiger partial charge in [0.25, 0.3) is 0 Å². The zero-order valence-corrected chi connectivity index (χ0v) is 22.2. The Labute approximate surface area is 223 Å². The molecule has 198 valence electrons. The molecule has 1 aliphatic rings. The first kappa shape index (κ1) is 26.7. The molecular weight excluding hydrogens is 480 g/mol. The molecule has 0 spiro atoms. The molecule has 1 aliphatic heterocycles. The summed E-state index contributed by atoms with van der Waals surface area (Å²) in [5.74, 6) is 1.51. The summed E-state index contributed by atoms with van der Waals surface area (Å²) in [6.07, 6.45) is 9.03. The highest BCUT2D eigenvalue weighted by Crippen LogP contribution is 2.35. The quantitative estimate of drug-likeness (QED) is 0.292. The normalized spacial score (nSPS) is 14.7. The molecule has 3 aromatic rings. The van der Waals surface area contributed by atoms with Gasteiger partial charge in [0, 0.05) is 30.5 Å². The van der Waals surface area contributed by atoms with E-state index in [0.717, 1.165) is 24.0 Å². The summed E-state index contributed by atoms with van der Waals surface area (Å²) in [4.78, 5) is 21.6. The number of carbonyl (C=O) groups is 1. The molecule has 1 atom stereocenters. The molecule has 1 unspecified atom stereocenters. The van der Waals surface area contributed by atoms with Crippen LogP contribution < -0.4 is 20.9 Å². The van der Waals surface area contributed by atoms with Crippen LogP contribution in [0.3, 0.4) is 0 Å². The molecule has 0 bridgehead atoms. The summed E-state index contributed by atoms with van der Waals surface area (Å²) in [6.45, 7) is 4.41. The average Bonchev–Trinajstić information content (AvgIpc) is 2.91. The van der Waals surface area contributed by atoms with Crippen LogP contribution in [0, 0.1) is 5.92 Å². The van der Waals surface area contributed by atoms with E-state index in [0.29, 0.717) is 35.0 Å². The van der Waals surface area contributed by atoms with Crippen molar-refractivity contribution in [2.75, 3.05) is 25.7 Å². The molecule has 38 heavy (non-hydrogen) atoms. The van der Waals surface area contributed by atoms with Gasteiger partial charge in [-0.1, -0.05) is 38.1 Å². The lowest BCUT2D eigenvalue weighted by Crippen LogP contribution is -2.24. The van der Waals surface area contributed by atoms with Crippen LogP contribution in [0.2, 0.25) is 0 Å². The van der Waals surface area contributed by atoms with Gasteiger partial charge in [-0.3, -0.25) is 9.80 Å². The van der Waals surface area contributed by atoms with Gasteiger partial charge >= 0.3 is 0 Å². The van der Waals surface area contributed by atoms with Crippen molar-refractivity contribution in [3.63, 3.8) is 0 Å². The molecule has 0 amide bonds. The number of nitrogens with zero attached hydrogens (tertiary/aromatic N) is 4. The Morgan fingerprint density at radius 3 is 2.66 bits per heavy atom. The smallest absolute Gasteiger partial charge is 0.221 e. The number of hydrazone groups is 1. The molecule has 9 nitrogen and oxygen atoms in total. The van der Waals surface area contributed by atoms with Crippen molar-refractivity contribution < 1.29 is 14.3 Å². The highest BCUT2D eigenvalue weighted by molar-refractivity contribution is 6.07. The second kappa shape index (κ2) is 11.8. The van der Waals surface area contributed by atoms with Gasteiger partial charge in [-0.2, -0.15) is 10.1 Å². The lowest BCUT2D eigenvalue weighted by atomic mass is 9.93. The van der Waals surface area contributed by atoms with Crippen LogP contribution in [0.15, 0.2) is 60.0 Å². The summed E-state index contributed by atoms with van der Waals surface area (Å²) < 4.78 is 11.1. The van der Waals surface area contributed by atoms with Gasteiger partial charge < -0.3 is 20.9 Å². The van der Waals surface area contributed by atoms with Gasteiger partial charge in [-0.15, -0.1) is 0 Å². The number of allylic oxidation sites excluding steroid dienone is 1. The maximum absolute atomic E-state index is 13.5. The maximum Gasteiger partial charge on any atom is 0.221 e. The molecule has 0 saturated heterocycles. The Balaban J connectivity index is 1.64. The van der Waals surface area contributed by atoms with Crippen LogP contribution in [0.1, 0.15) is 65.3 Å². The zero-order chi connectivity index (χ0) is 27.2. The minimum atomic E-state index is -0.236. The second-order valence-corrected chi connectivity index (χ2v) is 9.61. The summed E-state index contributed by atoms with van der Waals surface area (Å²) >= 11 is 0. The van der Waals surface area contributed by atoms with Crippen molar-refractivity contribution in [1.82, 2.24) is 15.0 Å². The first-order valence-electron chi connectivity index (χ1n) is 12.6. The third-order valence-corrected chi connectivity index (χ3v) is 6.52. The maximum atomic E-state index is 13.5. The van der Waals surface area contributed by atoms with Crippen molar-refractivity contribution >= 4 is 23.8 Å². The average molecular weight is 515 g/mol. The monoisotopic (exact) mass is 514 g/mol. The van der Waals surface area contributed by atoms with Gasteiger partial charge in [0.1, 0.15) is 5.82 Å². The van der Waals surface area contributed by atoms with Crippen molar-refractivity contribution in [2.24, 2.45) is 11.0 Å². The zero-order valence-electron chi connectivity index (χ0n) is 22.2. The Kier molecular flexibility index (Phi) is 8.25. The van der Waals surface area contributed by atoms with E-state index >= 15 is 0 Å². The first-order valence-corrected chi connectivity index (χ1v) is 12.6. The molecular formula is C29H34N6O3. The Morgan fingerprint density at radius 2 is 1.95 bits per heavy atom. The van der Waals surface area contributed by atoms with E-state index in [2.05, 4.69) is 41.0 Å². The highest BCUT2D eigenvalue weighted by Gasteiger charge is 2.24. The van der Waals surface area contributed by atoms with Gasteiger partial charge in [-0.25, -0.2) is 4.98 Å². The number of nitrogen functional groups attached to an aromatic ring is 2. The van der Waals surface area contributed by atoms with E-state index in [1.807, 2.05) is 29.4 Å². The second-order valence-electron chi connectivity index (χ2n) is 9.61. The number of rotatable bonds is 10. The summed E-state index contributed by atoms with van der Waals surface area (Å²) in [5, 5.41) is 6.50. The molecule has 9 heteroatoms. The number of hydrogen-bond donors (Lipinski definition) is 2. The van der Waals surface area contributed by atoms with Crippen LogP contribution in [0.4, 0.5) is 11.8 Å². The van der Waals surface area contributed by atoms with Gasteiger partial charge in [0.2, 0.25) is 5.95 Å². The molecule has 0 aliphatic carbocycles. The van der Waals surface area contributed by atoms with E-state index in [1.165, 1.54) is 25.9 Å². The summed E-state index contributed by atoms with van der Waals surface area (Å²) in [7, 11) is 3.04. The van der Waals surface area contributed by atoms with Gasteiger partial charge in [0.15, 0.2) is 17.3 Å². The van der Waals surface area contributed by atoms with Crippen LogP contribution in [0.25, 0.3) is 0 Å². The van der Waals surface area contributed by atoms with Crippen LogP contribution in [-0.4, -0.2) is 41.2 Å². The van der Waals surface area contributed by atoms with Crippen molar-refractivity contribution in [2.45, 2.75) is 39.2 Å². The van der Waals surface area contributed by atoms with Gasteiger partial charge in [-0.05, 0) is 47.6 Å². The standard InChI is InChI=1S/C29H34N6O3/c1-18(2)9-10-24-22-8-6-5-7-20(22)17-33-35(24)12-11-25(36)23-14-19(15-26(37-3)27(23)38-4)13-21-16-32-29(31)34-28(21)30/h5-8,11-12,14-18,24H,9-10,13H2,1-4H3,(H4,30,31,32,34)/b12-11+. The van der Waals surface area contributed by atoms with E-state index in [1.54, 1.807) is 18.5 Å². The molecule has 4 rings (SSSR count). The van der Waals surface area contributed by atoms with Crippen LogP contribution in [-0.2, 0) is 6.42 Å². The molecule has 0 saturated carbocycles. The van der Waals surface area contributed by atoms with Crippen LogP contribution >= 0.6 is 0 Å². The fraction of sp³-hybridized carbons (Fsp3) is 0.310. The van der Waals surface area contributed by atoms with Gasteiger partial charge in [0.05, 0.1) is 32.0 Å². The predicted molar refractivity (Wildman–Crippen MR) is 149 cm³/mol. The minimum absolute atomic E-state index is 0.0407. The Bertz CT molecular complexity index is 1370. The largest absolute Gasteiger partial charge is 0.493 e. The molecule has 4 N–H and O–H groups in total. The minimum Gasteiger partial charge on any atom is -0.493 e. The number of fused-ring (bicyclic) bond motifs is 1. The van der Waals surface area contributed by atoms with E-state index in [4.69, 9.17) is 20.9 Å². The molecule has 0 fully saturated rings. The summed E-state index contributed by atoms with van der Waals surface area (Å²) in [5.41, 5.74) is 15.8. The molecule has 0 radical (unpaired) electrons. The predicted octanol–water partition coefficient (Wildman–Crippen LogP) is 4.77. The van der Waals surface area contributed by atoms with Crippen molar-refractivity contribution in [3.8, 4) is 11.5 Å². The van der Waals surface area contributed by atoms with E-state index in [9.17, 15) is 4.79 Å². The number of methoxy groups -OCH3 is 2. The number of hydrogen-bond acceptors (Lipinski definition) is 9. The number of aromatic nitrogens is 2. The number of ketones is 1. The number of nitrogens with two attached hydrogens (primary N) is 2. The topological polar surface area (TPSA) is 129 Å². The number of ether oxygens (including phenoxy) is 2. The summed E-state index contributed by atoms with van der Waals surface area (Å²) in [6, 6.07) is 11.9. The third-order valence-electron chi connectivity index (χ3n) is 6.52. The molecule has 1 aromatic heterocycles. The van der Waals surface area contributed by atoms with Crippen molar-refractivity contribution in [1.29, 1.82) is 0 Å². The fourth-order valence-corrected chi connectivity index (χ4v) is 4.54. The lowest BCUT2D eigenvalue weighted by Gasteiger charge is -2.31. The Morgan fingerprint density at radius 1 is 1.16 bits per heavy atom. The molecule has 2 heterocycles. The molecule has 2 aromatic carbocycles. The highest BCUT2D eigenvalue weighted by atomic mass is 16.5.